The van der Waals surface area contributed by atoms with Gasteiger partial charge < -0.3 is 14.6 Å². The molecule has 0 fully saturated rings. The van der Waals surface area contributed by atoms with Crippen LogP contribution >= 0.6 is 15.9 Å². The summed E-state index contributed by atoms with van der Waals surface area (Å²) in [7, 11) is 1.60. The van der Waals surface area contributed by atoms with E-state index in [0.717, 1.165) is 0 Å². The molecule has 1 atom stereocenters. The fourth-order valence-corrected chi connectivity index (χ4v) is 1.77. The van der Waals surface area contributed by atoms with Crippen molar-refractivity contribution in [2.45, 2.75) is 13.0 Å². The smallest absolute Gasteiger partial charge is 0.336 e. The zero-order valence-corrected chi connectivity index (χ0v) is 10.7. The molecule has 0 heterocycles. The summed E-state index contributed by atoms with van der Waals surface area (Å²) in [5.74, 6) is -0.357. The van der Waals surface area contributed by atoms with E-state index in [1.807, 2.05) is 6.92 Å². The molecular weight excluding hydrogens is 276 g/mol. The van der Waals surface area contributed by atoms with E-state index >= 15 is 0 Å². The number of aromatic carboxylic acids is 1. The van der Waals surface area contributed by atoms with E-state index in [9.17, 15) is 4.79 Å². The van der Waals surface area contributed by atoms with Crippen molar-refractivity contribution >= 4 is 21.9 Å². The Morgan fingerprint density at radius 1 is 1.56 bits per heavy atom. The van der Waals surface area contributed by atoms with Gasteiger partial charge in [0.1, 0.15) is 11.9 Å². The van der Waals surface area contributed by atoms with Gasteiger partial charge in [0.05, 0.1) is 12.2 Å². The second-order valence-corrected chi connectivity index (χ2v) is 4.18. The molecule has 88 valence electrons. The average Bonchev–Trinajstić information content (AvgIpc) is 2.17. The van der Waals surface area contributed by atoms with Crippen LogP contribution in [-0.4, -0.2) is 30.9 Å². The molecule has 1 unspecified atom stereocenters. The van der Waals surface area contributed by atoms with Crippen LogP contribution in [-0.2, 0) is 4.74 Å². The first-order valence-electron chi connectivity index (χ1n) is 4.73. The molecule has 16 heavy (non-hydrogen) atoms. The maximum Gasteiger partial charge on any atom is 0.336 e. The van der Waals surface area contributed by atoms with Gasteiger partial charge in [-0.1, -0.05) is 0 Å². The van der Waals surface area contributed by atoms with Crippen LogP contribution in [0.4, 0.5) is 0 Å². The first-order valence-corrected chi connectivity index (χ1v) is 5.52. The molecule has 0 saturated carbocycles. The Labute approximate surface area is 102 Å². The number of ether oxygens (including phenoxy) is 2. The molecule has 0 aliphatic carbocycles. The van der Waals surface area contributed by atoms with Gasteiger partial charge in [-0.15, -0.1) is 0 Å². The van der Waals surface area contributed by atoms with Crippen LogP contribution in [0, 0.1) is 0 Å². The number of carboxylic acids is 1. The highest BCUT2D eigenvalue weighted by atomic mass is 79.9. The summed E-state index contributed by atoms with van der Waals surface area (Å²) < 4.78 is 11.0. The molecule has 1 N–H and O–H groups in total. The van der Waals surface area contributed by atoms with Crippen LogP contribution in [0.25, 0.3) is 0 Å². The van der Waals surface area contributed by atoms with Gasteiger partial charge in [-0.25, -0.2) is 4.79 Å². The van der Waals surface area contributed by atoms with Gasteiger partial charge >= 0.3 is 5.97 Å². The fraction of sp³-hybridized carbons (Fsp3) is 0.364. The van der Waals surface area contributed by atoms with Gasteiger partial charge in [-0.05, 0) is 41.1 Å². The second-order valence-electron chi connectivity index (χ2n) is 3.33. The largest absolute Gasteiger partial charge is 0.488 e. The fourth-order valence-electron chi connectivity index (χ4n) is 1.24. The van der Waals surface area contributed by atoms with E-state index in [2.05, 4.69) is 15.9 Å². The molecule has 1 aromatic rings. The van der Waals surface area contributed by atoms with Gasteiger partial charge in [-0.2, -0.15) is 0 Å². The Kier molecular flexibility index (Phi) is 4.76. The lowest BCUT2D eigenvalue weighted by Gasteiger charge is -2.14. The molecule has 4 nitrogen and oxygen atoms in total. The molecule has 1 aromatic carbocycles. The maximum atomic E-state index is 10.8. The van der Waals surface area contributed by atoms with Crippen molar-refractivity contribution in [2.24, 2.45) is 0 Å². The lowest BCUT2D eigenvalue weighted by molar-refractivity contribution is 0.0695. The highest BCUT2D eigenvalue weighted by Crippen LogP contribution is 2.23. The highest BCUT2D eigenvalue weighted by Gasteiger charge is 2.10. The summed E-state index contributed by atoms with van der Waals surface area (Å²) in [6, 6.07) is 4.76. The minimum Gasteiger partial charge on any atom is -0.488 e. The topological polar surface area (TPSA) is 55.8 Å². The number of halogens is 1. The zero-order valence-electron chi connectivity index (χ0n) is 9.07. The summed E-state index contributed by atoms with van der Waals surface area (Å²) in [5, 5.41) is 8.83. The molecule has 0 aliphatic heterocycles. The summed E-state index contributed by atoms with van der Waals surface area (Å²) >= 11 is 3.18. The molecule has 5 heteroatoms. The predicted molar refractivity (Wildman–Crippen MR) is 63.1 cm³/mol. The van der Waals surface area contributed by atoms with Crippen LogP contribution < -0.4 is 4.74 Å². The van der Waals surface area contributed by atoms with E-state index in [1.54, 1.807) is 19.2 Å². The van der Waals surface area contributed by atoms with Crippen molar-refractivity contribution < 1.29 is 19.4 Å². The highest BCUT2D eigenvalue weighted by molar-refractivity contribution is 9.10. The van der Waals surface area contributed by atoms with E-state index < -0.39 is 5.97 Å². The van der Waals surface area contributed by atoms with Gasteiger partial charge in [0.15, 0.2) is 0 Å². The quantitative estimate of drug-likeness (QED) is 0.905. The molecule has 0 radical (unpaired) electrons. The summed E-state index contributed by atoms with van der Waals surface area (Å²) in [4.78, 5) is 10.8. The zero-order chi connectivity index (χ0) is 12.1. The number of rotatable bonds is 5. The number of hydrogen-bond donors (Lipinski definition) is 1. The van der Waals surface area contributed by atoms with Crippen molar-refractivity contribution in [3.05, 3.63) is 28.2 Å². The minimum atomic E-state index is -0.969. The van der Waals surface area contributed by atoms with Crippen molar-refractivity contribution in [2.75, 3.05) is 13.7 Å². The summed E-state index contributed by atoms with van der Waals surface area (Å²) in [5.41, 5.74) is 0.215. The van der Waals surface area contributed by atoms with Crippen molar-refractivity contribution in [3.8, 4) is 5.75 Å². The molecule has 0 bridgehead atoms. The standard InChI is InChI=1S/C11H13BrO4/c1-7(6-15-2)16-8-3-4-9(11(13)14)10(12)5-8/h3-5,7H,6H2,1-2H3,(H,13,14). The number of benzene rings is 1. The number of hydrogen-bond acceptors (Lipinski definition) is 3. The lowest BCUT2D eigenvalue weighted by Crippen LogP contribution is -2.18. The Hall–Kier alpha value is -1.07. The van der Waals surface area contributed by atoms with E-state index in [0.29, 0.717) is 16.8 Å². The SMILES string of the molecule is COCC(C)Oc1ccc(C(=O)O)c(Br)c1. The van der Waals surface area contributed by atoms with Crippen molar-refractivity contribution in [1.82, 2.24) is 0 Å². The lowest BCUT2D eigenvalue weighted by atomic mass is 10.2. The molecular formula is C11H13BrO4. The Morgan fingerprint density at radius 3 is 2.75 bits per heavy atom. The normalized spacial score (nSPS) is 12.2. The number of carboxylic acid groups (broad SMARTS) is 1. The first-order chi connectivity index (χ1) is 7.54. The van der Waals surface area contributed by atoms with Gasteiger partial charge in [0.25, 0.3) is 0 Å². The Balaban J connectivity index is 2.77. The van der Waals surface area contributed by atoms with Gasteiger partial charge in [0, 0.05) is 11.6 Å². The molecule has 0 amide bonds. The average molecular weight is 289 g/mol. The van der Waals surface area contributed by atoms with Gasteiger partial charge in [0.2, 0.25) is 0 Å². The van der Waals surface area contributed by atoms with Crippen LogP contribution in [0.2, 0.25) is 0 Å². The van der Waals surface area contributed by atoms with Crippen LogP contribution in [0.15, 0.2) is 22.7 Å². The molecule has 0 saturated heterocycles. The minimum absolute atomic E-state index is 0.0763. The molecule has 0 spiro atoms. The van der Waals surface area contributed by atoms with Gasteiger partial charge in [-0.3, -0.25) is 0 Å². The van der Waals surface area contributed by atoms with E-state index in [1.165, 1.54) is 6.07 Å². The maximum absolute atomic E-state index is 10.8. The third-order valence-corrected chi connectivity index (χ3v) is 2.57. The predicted octanol–water partition coefficient (Wildman–Crippen LogP) is 2.56. The monoisotopic (exact) mass is 288 g/mol. The third kappa shape index (κ3) is 3.50. The Morgan fingerprint density at radius 2 is 2.25 bits per heavy atom. The Bertz CT molecular complexity index is 378. The van der Waals surface area contributed by atoms with Crippen molar-refractivity contribution in [1.29, 1.82) is 0 Å². The molecule has 0 aromatic heterocycles. The third-order valence-electron chi connectivity index (χ3n) is 1.91. The van der Waals surface area contributed by atoms with E-state index in [-0.39, 0.29) is 11.7 Å². The molecule has 1 rings (SSSR count). The van der Waals surface area contributed by atoms with Crippen molar-refractivity contribution in [3.63, 3.8) is 0 Å². The second kappa shape index (κ2) is 5.86. The van der Waals surface area contributed by atoms with Crippen LogP contribution in [0.3, 0.4) is 0 Å². The van der Waals surface area contributed by atoms with Crippen LogP contribution in [0.5, 0.6) is 5.75 Å². The number of carbonyl (C=O) groups is 1. The first kappa shape index (κ1) is 13.0. The summed E-state index contributed by atoms with van der Waals surface area (Å²) in [6.07, 6.45) is -0.0763. The summed E-state index contributed by atoms with van der Waals surface area (Å²) in [6.45, 7) is 2.36. The molecule has 0 aliphatic rings. The van der Waals surface area contributed by atoms with E-state index in [4.69, 9.17) is 14.6 Å². The van der Waals surface area contributed by atoms with Crippen LogP contribution in [0.1, 0.15) is 17.3 Å². The number of methoxy groups -OCH3 is 1.